The van der Waals surface area contributed by atoms with Crippen molar-refractivity contribution in [1.82, 2.24) is 14.8 Å². The Balaban J connectivity index is 2.52. The number of aromatic nitrogens is 1. The van der Waals surface area contributed by atoms with Crippen molar-refractivity contribution in [2.75, 3.05) is 14.1 Å². The van der Waals surface area contributed by atoms with Gasteiger partial charge in [0.2, 0.25) is 5.91 Å². The van der Waals surface area contributed by atoms with E-state index in [1.165, 1.54) is 5.69 Å². The van der Waals surface area contributed by atoms with Crippen LogP contribution in [0.5, 0.6) is 0 Å². The zero-order chi connectivity index (χ0) is 13.8. The van der Waals surface area contributed by atoms with Crippen molar-refractivity contribution in [1.29, 1.82) is 0 Å². The normalized spacial score (nSPS) is 11.6. The number of aryl methyl sites for hydroxylation is 1. The summed E-state index contributed by atoms with van der Waals surface area (Å²) < 4.78 is 2.14. The Kier molecular flexibility index (Phi) is 4.96. The second-order valence-electron chi connectivity index (χ2n) is 5.83. The summed E-state index contributed by atoms with van der Waals surface area (Å²) in [5.41, 5.74) is 1.32. The monoisotopic (exact) mass is 251 g/mol. The van der Waals surface area contributed by atoms with Crippen LogP contribution < -0.4 is 5.32 Å². The maximum absolute atomic E-state index is 11.6. The lowest BCUT2D eigenvalue weighted by Crippen LogP contribution is -2.35. The van der Waals surface area contributed by atoms with Crippen LogP contribution >= 0.6 is 0 Å². The zero-order valence-corrected chi connectivity index (χ0v) is 12.2. The molecule has 4 heteroatoms. The topological polar surface area (TPSA) is 37.3 Å². The molecule has 0 aliphatic rings. The number of carbonyl (C=O) groups is 1. The Morgan fingerprint density at radius 2 is 2.06 bits per heavy atom. The van der Waals surface area contributed by atoms with E-state index in [9.17, 15) is 4.79 Å². The molecule has 0 aliphatic heterocycles. The minimum atomic E-state index is 0.106. The van der Waals surface area contributed by atoms with Gasteiger partial charge >= 0.3 is 0 Å². The molecule has 0 saturated carbocycles. The molecule has 18 heavy (non-hydrogen) atoms. The van der Waals surface area contributed by atoms with Gasteiger partial charge in [0, 0.05) is 51.0 Å². The molecule has 1 N–H and O–H groups in total. The van der Waals surface area contributed by atoms with Gasteiger partial charge in [-0.15, -0.1) is 0 Å². The van der Waals surface area contributed by atoms with Crippen LogP contribution in [0.25, 0.3) is 0 Å². The molecule has 0 spiro atoms. The number of hydrogen-bond donors (Lipinski definition) is 1. The third kappa shape index (κ3) is 4.92. The third-order valence-corrected chi connectivity index (χ3v) is 2.79. The minimum absolute atomic E-state index is 0.106. The lowest BCUT2D eigenvalue weighted by atomic mass is 10.1. The molecule has 0 atom stereocenters. The van der Waals surface area contributed by atoms with Crippen LogP contribution in [-0.2, 0) is 17.9 Å². The highest BCUT2D eigenvalue weighted by Gasteiger charge is 2.11. The van der Waals surface area contributed by atoms with Crippen molar-refractivity contribution < 1.29 is 4.79 Å². The van der Waals surface area contributed by atoms with E-state index in [-0.39, 0.29) is 11.4 Å². The Morgan fingerprint density at radius 3 is 2.61 bits per heavy atom. The predicted molar refractivity (Wildman–Crippen MR) is 74.3 cm³/mol. The fraction of sp³-hybridized carbons (Fsp3) is 0.643. The summed E-state index contributed by atoms with van der Waals surface area (Å²) in [6.07, 6.45) is 2.58. The van der Waals surface area contributed by atoms with Gasteiger partial charge in [-0.3, -0.25) is 4.79 Å². The summed E-state index contributed by atoms with van der Waals surface area (Å²) in [4.78, 5) is 13.2. The highest BCUT2D eigenvalue weighted by atomic mass is 16.2. The number of nitrogens with one attached hydrogen (secondary N) is 1. The third-order valence-electron chi connectivity index (χ3n) is 2.79. The molecule has 102 valence electrons. The lowest BCUT2D eigenvalue weighted by molar-refractivity contribution is -0.128. The van der Waals surface area contributed by atoms with E-state index < -0.39 is 0 Å². The second-order valence-corrected chi connectivity index (χ2v) is 5.83. The summed E-state index contributed by atoms with van der Waals surface area (Å²) in [5.74, 6) is 0.165. The van der Waals surface area contributed by atoms with Crippen LogP contribution in [0.4, 0.5) is 0 Å². The molecule has 0 bridgehead atoms. The summed E-state index contributed by atoms with van der Waals surface area (Å²) in [6.45, 7) is 8.01. The molecule has 1 rings (SSSR count). The molecule has 0 saturated heterocycles. The van der Waals surface area contributed by atoms with Crippen molar-refractivity contribution in [3.05, 3.63) is 24.0 Å². The van der Waals surface area contributed by atoms with Gasteiger partial charge in [0.25, 0.3) is 0 Å². The maximum Gasteiger partial charge on any atom is 0.223 e. The first-order valence-corrected chi connectivity index (χ1v) is 6.39. The fourth-order valence-corrected chi connectivity index (χ4v) is 1.62. The second kappa shape index (κ2) is 6.05. The molecule has 1 aromatic heterocycles. The van der Waals surface area contributed by atoms with E-state index in [1.54, 1.807) is 19.0 Å². The van der Waals surface area contributed by atoms with Gasteiger partial charge in [-0.25, -0.2) is 0 Å². The Hall–Kier alpha value is -1.29. The molecule has 0 aromatic carbocycles. The van der Waals surface area contributed by atoms with Crippen molar-refractivity contribution in [3.63, 3.8) is 0 Å². The van der Waals surface area contributed by atoms with Gasteiger partial charge in [-0.2, -0.15) is 0 Å². The van der Waals surface area contributed by atoms with E-state index in [0.29, 0.717) is 6.42 Å². The van der Waals surface area contributed by atoms with E-state index in [4.69, 9.17) is 0 Å². The van der Waals surface area contributed by atoms with Crippen LogP contribution in [0.3, 0.4) is 0 Å². The van der Waals surface area contributed by atoms with Gasteiger partial charge < -0.3 is 14.8 Å². The quantitative estimate of drug-likeness (QED) is 0.867. The van der Waals surface area contributed by atoms with Crippen LogP contribution in [0.1, 0.15) is 32.9 Å². The van der Waals surface area contributed by atoms with E-state index in [1.807, 2.05) is 12.3 Å². The molecule has 4 nitrogen and oxygen atoms in total. The zero-order valence-electron chi connectivity index (χ0n) is 12.2. The van der Waals surface area contributed by atoms with Gasteiger partial charge in [-0.05, 0) is 32.9 Å². The number of carbonyl (C=O) groups excluding carboxylic acids is 1. The summed E-state index contributed by atoms with van der Waals surface area (Å²) in [6, 6.07) is 4.12. The van der Waals surface area contributed by atoms with Crippen LogP contribution in [-0.4, -0.2) is 35.0 Å². The Labute approximate surface area is 110 Å². The summed E-state index contributed by atoms with van der Waals surface area (Å²) in [5, 5.41) is 3.46. The molecule has 1 heterocycles. The molecule has 1 amide bonds. The van der Waals surface area contributed by atoms with Crippen molar-refractivity contribution in [2.45, 2.75) is 45.8 Å². The predicted octanol–water partition coefficient (Wildman–Crippen LogP) is 1.85. The first-order valence-electron chi connectivity index (χ1n) is 6.39. The number of hydrogen-bond acceptors (Lipinski definition) is 2. The highest BCUT2D eigenvalue weighted by molar-refractivity contribution is 5.75. The fourth-order valence-electron chi connectivity index (χ4n) is 1.62. The lowest BCUT2D eigenvalue weighted by Gasteiger charge is -2.21. The average molecular weight is 251 g/mol. The highest BCUT2D eigenvalue weighted by Crippen LogP contribution is 2.07. The molecule has 0 radical (unpaired) electrons. The van der Waals surface area contributed by atoms with Crippen molar-refractivity contribution in [3.8, 4) is 0 Å². The molecule has 0 aliphatic carbocycles. The van der Waals surface area contributed by atoms with Gasteiger partial charge in [0.1, 0.15) is 0 Å². The molecular weight excluding hydrogens is 226 g/mol. The smallest absolute Gasteiger partial charge is 0.223 e. The molecular formula is C14H25N3O. The molecule has 0 unspecified atom stereocenters. The van der Waals surface area contributed by atoms with Crippen molar-refractivity contribution >= 4 is 5.91 Å². The first-order chi connectivity index (χ1) is 8.29. The number of amides is 1. The van der Waals surface area contributed by atoms with E-state index in [2.05, 4.69) is 36.7 Å². The van der Waals surface area contributed by atoms with Gasteiger partial charge in [-0.1, -0.05) is 0 Å². The largest absolute Gasteiger partial charge is 0.350 e. The first kappa shape index (κ1) is 14.8. The van der Waals surface area contributed by atoms with Crippen LogP contribution in [0.15, 0.2) is 18.3 Å². The van der Waals surface area contributed by atoms with E-state index >= 15 is 0 Å². The SMILES string of the molecule is CN(C)C(=O)CCn1cccc1CNC(C)(C)C. The minimum Gasteiger partial charge on any atom is -0.350 e. The van der Waals surface area contributed by atoms with Crippen LogP contribution in [0, 0.1) is 0 Å². The summed E-state index contributed by atoms with van der Waals surface area (Å²) in [7, 11) is 3.58. The maximum atomic E-state index is 11.6. The standard InChI is InChI=1S/C14H25N3O/c1-14(2,3)15-11-12-7-6-9-17(12)10-8-13(18)16(4)5/h6-7,9,15H,8,10-11H2,1-5H3. The molecule has 0 fully saturated rings. The Morgan fingerprint density at radius 1 is 1.39 bits per heavy atom. The molecule has 1 aromatic rings. The van der Waals surface area contributed by atoms with E-state index in [0.717, 1.165) is 13.1 Å². The number of rotatable bonds is 5. The van der Waals surface area contributed by atoms with Gasteiger partial charge in [0.15, 0.2) is 0 Å². The van der Waals surface area contributed by atoms with Crippen LogP contribution in [0.2, 0.25) is 0 Å². The Bertz CT molecular complexity index is 388. The summed E-state index contributed by atoms with van der Waals surface area (Å²) >= 11 is 0. The van der Waals surface area contributed by atoms with Crippen molar-refractivity contribution in [2.24, 2.45) is 0 Å². The average Bonchev–Trinajstić information content (AvgIpc) is 2.69. The van der Waals surface area contributed by atoms with Gasteiger partial charge in [0.05, 0.1) is 0 Å². The number of nitrogens with zero attached hydrogens (tertiary/aromatic N) is 2.